The predicted octanol–water partition coefficient (Wildman–Crippen LogP) is 3.02. The minimum atomic E-state index is -0.973. The van der Waals surface area contributed by atoms with E-state index >= 15 is 0 Å². The molecular formula is C13H16ClNO2. The van der Waals surface area contributed by atoms with E-state index in [1.807, 2.05) is 6.07 Å². The first-order valence-electron chi connectivity index (χ1n) is 5.91. The largest absolute Gasteiger partial charge is 0.478 e. The van der Waals surface area contributed by atoms with Gasteiger partial charge in [-0.25, -0.2) is 4.79 Å². The van der Waals surface area contributed by atoms with Crippen LogP contribution in [-0.4, -0.2) is 29.1 Å². The Morgan fingerprint density at radius 3 is 2.59 bits per heavy atom. The topological polar surface area (TPSA) is 40.5 Å². The van der Waals surface area contributed by atoms with Crippen molar-refractivity contribution in [3.8, 4) is 0 Å². The lowest BCUT2D eigenvalue weighted by molar-refractivity contribution is 0.0697. The fourth-order valence-corrected chi connectivity index (χ4v) is 2.49. The molecule has 4 heteroatoms. The van der Waals surface area contributed by atoms with Crippen molar-refractivity contribution in [3.63, 3.8) is 0 Å². The van der Waals surface area contributed by atoms with Gasteiger partial charge >= 0.3 is 5.97 Å². The molecule has 2 rings (SSSR count). The lowest BCUT2D eigenvalue weighted by Crippen LogP contribution is -2.29. The number of carboxylic acids is 1. The zero-order valence-corrected chi connectivity index (χ0v) is 10.4. The lowest BCUT2D eigenvalue weighted by Gasteiger charge is -2.26. The molecule has 1 aliphatic heterocycles. The highest BCUT2D eigenvalue weighted by molar-refractivity contribution is 6.33. The first-order chi connectivity index (χ1) is 8.16. The Labute approximate surface area is 106 Å². The highest BCUT2D eigenvalue weighted by Gasteiger charge is 2.13. The van der Waals surface area contributed by atoms with Crippen LogP contribution in [0.3, 0.4) is 0 Å². The number of piperidine rings is 1. The Bertz CT molecular complexity index is 414. The molecule has 0 radical (unpaired) electrons. The lowest BCUT2D eigenvalue weighted by atomic mass is 10.1. The van der Waals surface area contributed by atoms with Crippen molar-refractivity contribution >= 4 is 17.6 Å². The van der Waals surface area contributed by atoms with Crippen LogP contribution < -0.4 is 0 Å². The molecule has 1 fully saturated rings. The molecule has 1 heterocycles. The van der Waals surface area contributed by atoms with Gasteiger partial charge in [-0.3, -0.25) is 4.90 Å². The monoisotopic (exact) mass is 253 g/mol. The molecule has 1 aliphatic rings. The van der Waals surface area contributed by atoms with Crippen LogP contribution in [0.1, 0.15) is 35.2 Å². The molecule has 1 N–H and O–H groups in total. The summed E-state index contributed by atoms with van der Waals surface area (Å²) in [7, 11) is 0. The van der Waals surface area contributed by atoms with E-state index in [-0.39, 0.29) is 5.56 Å². The molecule has 0 atom stereocenters. The summed E-state index contributed by atoms with van der Waals surface area (Å²) in [4.78, 5) is 13.2. The van der Waals surface area contributed by atoms with Crippen LogP contribution in [0.2, 0.25) is 5.02 Å². The second-order valence-corrected chi connectivity index (χ2v) is 4.86. The van der Waals surface area contributed by atoms with Gasteiger partial charge in [-0.05, 0) is 43.6 Å². The van der Waals surface area contributed by atoms with Gasteiger partial charge < -0.3 is 5.11 Å². The maximum absolute atomic E-state index is 10.8. The van der Waals surface area contributed by atoms with Gasteiger partial charge in [0.1, 0.15) is 0 Å². The maximum Gasteiger partial charge on any atom is 0.337 e. The van der Waals surface area contributed by atoms with E-state index in [9.17, 15) is 4.79 Å². The van der Waals surface area contributed by atoms with E-state index in [2.05, 4.69) is 4.90 Å². The summed E-state index contributed by atoms with van der Waals surface area (Å²) in [5, 5.41) is 9.21. The summed E-state index contributed by atoms with van der Waals surface area (Å²) >= 11 is 5.94. The van der Waals surface area contributed by atoms with Gasteiger partial charge in [0, 0.05) is 6.54 Å². The van der Waals surface area contributed by atoms with Crippen molar-refractivity contribution in [1.82, 2.24) is 4.90 Å². The average Bonchev–Trinajstić information content (AvgIpc) is 2.30. The third-order valence-corrected chi connectivity index (χ3v) is 3.43. The van der Waals surface area contributed by atoms with Crippen LogP contribution in [-0.2, 0) is 6.54 Å². The van der Waals surface area contributed by atoms with Gasteiger partial charge in [0.2, 0.25) is 0 Å². The standard InChI is InChI=1S/C13H16ClNO2/c14-12-8-10(4-5-11(12)13(16)17)9-15-6-2-1-3-7-15/h4-5,8H,1-3,6-7,9H2,(H,16,17). The van der Waals surface area contributed by atoms with E-state index in [4.69, 9.17) is 16.7 Å². The smallest absolute Gasteiger partial charge is 0.337 e. The minimum Gasteiger partial charge on any atom is -0.478 e. The summed E-state index contributed by atoms with van der Waals surface area (Å²) in [5.74, 6) is -0.973. The van der Waals surface area contributed by atoms with Crippen LogP contribution >= 0.6 is 11.6 Å². The molecule has 0 unspecified atom stereocenters. The predicted molar refractivity (Wildman–Crippen MR) is 67.5 cm³/mol. The molecule has 0 bridgehead atoms. The van der Waals surface area contributed by atoms with Crippen molar-refractivity contribution in [3.05, 3.63) is 34.3 Å². The van der Waals surface area contributed by atoms with Gasteiger partial charge in [0.15, 0.2) is 0 Å². The first-order valence-corrected chi connectivity index (χ1v) is 6.28. The normalized spacial score (nSPS) is 17.0. The third kappa shape index (κ3) is 3.20. The Morgan fingerprint density at radius 1 is 1.29 bits per heavy atom. The number of hydrogen-bond donors (Lipinski definition) is 1. The Morgan fingerprint density at radius 2 is 2.00 bits per heavy atom. The van der Waals surface area contributed by atoms with Crippen molar-refractivity contribution in [2.24, 2.45) is 0 Å². The van der Waals surface area contributed by atoms with Gasteiger partial charge in [-0.15, -0.1) is 0 Å². The molecule has 17 heavy (non-hydrogen) atoms. The number of carboxylic acid groups (broad SMARTS) is 1. The molecule has 1 saturated heterocycles. The number of aromatic carboxylic acids is 1. The van der Waals surface area contributed by atoms with Crippen LogP contribution in [0.25, 0.3) is 0 Å². The van der Waals surface area contributed by atoms with E-state index in [1.165, 1.54) is 19.3 Å². The highest BCUT2D eigenvalue weighted by atomic mass is 35.5. The first kappa shape index (κ1) is 12.4. The fourth-order valence-electron chi connectivity index (χ4n) is 2.21. The molecule has 1 aromatic rings. The van der Waals surface area contributed by atoms with Gasteiger partial charge in [-0.1, -0.05) is 24.1 Å². The number of likely N-dealkylation sites (tertiary alicyclic amines) is 1. The number of benzene rings is 1. The number of halogens is 1. The quantitative estimate of drug-likeness (QED) is 0.900. The van der Waals surface area contributed by atoms with Gasteiger partial charge in [0.25, 0.3) is 0 Å². The van der Waals surface area contributed by atoms with Crippen molar-refractivity contribution < 1.29 is 9.90 Å². The Kier molecular flexibility index (Phi) is 4.02. The summed E-state index contributed by atoms with van der Waals surface area (Å²) in [6, 6.07) is 5.20. The number of carbonyl (C=O) groups is 1. The van der Waals surface area contributed by atoms with E-state index in [0.717, 1.165) is 25.2 Å². The molecule has 0 saturated carbocycles. The van der Waals surface area contributed by atoms with Gasteiger partial charge in [0.05, 0.1) is 10.6 Å². The Balaban J connectivity index is 2.06. The van der Waals surface area contributed by atoms with Crippen LogP contribution in [0, 0.1) is 0 Å². The minimum absolute atomic E-state index is 0.175. The summed E-state index contributed by atoms with van der Waals surface area (Å²) in [6.07, 6.45) is 3.82. The summed E-state index contributed by atoms with van der Waals surface area (Å²) in [5.41, 5.74) is 1.26. The number of nitrogens with zero attached hydrogens (tertiary/aromatic N) is 1. The van der Waals surface area contributed by atoms with Crippen molar-refractivity contribution in [2.75, 3.05) is 13.1 Å². The number of hydrogen-bond acceptors (Lipinski definition) is 2. The zero-order chi connectivity index (χ0) is 12.3. The van der Waals surface area contributed by atoms with Crippen LogP contribution in [0.5, 0.6) is 0 Å². The maximum atomic E-state index is 10.8. The summed E-state index contributed by atoms with van der Waals surface area (Å²) in [6.45, 7) is 3.11. The molecule has 0 aliphatic carbocycles. The molecule has 3 nitrogen and oxygen atoms in total. The van der Waals surface area contributed by atoms with E-state index < -0.39 is 5.97 Å². The molecule has 1 aromatic carbocycles. The Hall–Kier alpha value is -1.06. The molecule has 0 aromatic heterocycles. The van der Waals surface area contributed by atoms with Crippen molar-refractivity contribution in [2.45, 2.75) is 25.8 Å². The van der Waals surface area contributed by atoms with E-state index in [1.54, 1.807) is 12.1 Å². The fraction of sp³-hybridized carbons (Fsp3) is 0.462. The van der Waals surface area contributed by atoms with E-state index in [0.29, 0.717) is 5.02 Å². The highest BCUT2D eigenvalue weighted by Crippen LogP contribution is 2.20. The molecular weight excluding hydrogens is 238 g/mol. The molecule has 0 amide bonds. The van der Waals surface area contributed by atoms with Crippen LogP contribution in [0.15, 0.2) is 18.2 Å². The average molecular weight is 254 g/mol. The SMILES string of the molecule is O=C(O)c1ccc(CN2CCCCC2)cc1Cl. The zero-order valence-electron chi connectivity index (χ0n) is 9.66. The molecule has 0 spiro atoms. The second-order valence-electron chi connectivity index (χ2n) is 4.46. The van der Waals surface area contributed by atoms with Crippen LogP contribution in [0.4, 0.5) is 0 Å². The van der Waals surface area contributed by atoms with Gasteiger partial charge in [-0.2, -0.15) is 0 Å². The second kappa shape index (κ2) is 5.52. The molecule has 92 valence electrons. The number of rotatable bonds is 3. The third-order valence-electron chi connectivity index (χ3n) is 3.12. The van der Waals surface area contributed by atoms with Crippen molar-refractivity contribution in [1.29, 1.82) is 0 Å². The summed E-state index contributed by atoms with van der Waals surface area (Å²) < 4.78 is 0.